The SMILES string of the molecule is FC(F)(F)CN1C=CN(CC(F)(F)F)C1. The number of hydrogen-bond acceptors (Lipinski definition) is 2. The van der Waals surface area contributed by atoms with Gasteiger partial charge >= 0.3 is 12.4 Å². The van der Waals surface area contributed by atoms with Gasteiger partial charge in [-0.25, -0.2) is 0 Å². The first kappa shape index (κ1) is 12.0. The smallest absolute Gasteiger partial charge is 0.350 e. The van der Waals surface area contributed by atoms with Gasteiger partial charge in [0.15, 0.2) is 0 Å². The lowest BCUT2D eigenvalue weighted by atomic mass is 10.5. The van der Waals surface area contributed by atoms with Crippen molar-refractivity contribution >= 4 is 0 Å². The number of halogens is 6. The maximum absolute atomic E-state index is 11.9. The molecule has 1 aliphatic heterocycles. The normalized spacial score (nSPS) is 17.7. The molecule has 0 unspecified atom stereocenters. The summed E-state index contributed by atoms with van der Waals surface area (Å²) in [5.74, 6) is 0. The molecule has 1 aliphatic rings. The highest BCUT2D eigenvalue weighted by molar-refractivity contribution is 4.92. The van der Waals surface area contributed by atoms with Crippen LogP contribution < -0.4 is 0 Å². The molecule has 8 heteroatoms. The van der Waals surface area contributed by atoms with Gasteiger partial charge in [-0.1, -0.05) is 0 Å². The van der Waals surface area contributed by atoms with Crippen LogP contribution in [0.25, 0.3) is 0 Å². The number of rotatable bonds is 2. The van der Waals surface area contributed by atoms with Crippen LogP contribution in [0.15, 0.2) is 12.4 Å². The Morgan fingerprint density at radius 3 is 1.40 bits per heavy atom. The molecule has 0 spiro atoms. The molecule has 0 amide bonds. The fraction of sp³-hybridized carbons (Fsp3) is 0.714. The predicted octanol–water partition coefficient (Wildman–Crippen LogP) is 2.16. The molecule has 0 saturated heterocycles. The molecule has 0 aromatic heterocycles. The van der Waals surface area contributed by atoms with E-state index < -0.39 is 25.4 Å². The van der Waals surface area contributed by atoms with Gasteiger partial charge in [-0.3, -0.25) is 0 Å². The zero-order valence-corrected chi connectivity index (χ0v) is 7.44. The summed E-state index contributed by atoms with van der Waals surface area (Å²) >= 11 is 0. The largest absolute Gasteiger partial charge is 0.405 e. The van der Waals surface area contributed by atoms with E-state index in [9.17, 15) is 26.3 Å². The van der Waals surface area contributed by atoms with E-state index in [-0.39, 0.29) is 6.67 Å². The van der Waals surface area contributed by atoms with Crippen molar-refractivity contribution in [1.82, 2.24) is 9.80 Å². The molecule has 0 N–H and O–H groups in total. The average Bonchev–Trinajstić information content (AvgIpc) is 2.28. The lowest BCUT2D eigenvalue weighted by Gasteiger charge is -2.22. The second kappa shape index (κ2) is 3.82. The standard InChI is InChI=1S/C7H8F6N2/c8-6(9,10)3-14-1-2-15(5-14)4-7(11,12)13/h1-2H,3-5H2. The van der Waals surface area contributed by atoms with Crippen LogP contribution in [0.5, 0.6) is 0 Å². The average molecular weight is 234 g/mol. The highest BCUT2D eigenvalue weighted by atomic mass is 19.4. The van der Waals surface area contributed by atoms with Crippen molar-refractivity contribution in [2.75, 3.05) is 19.8 Å². The van der Waals surface area contributed by atoms with Crippen LogP contribution in [-0.2, 0) is 0 Å². The van der Waals surface area contributed by atoms with E-state index in [0.29, 0.717) is 0 Å². The molecule has 0 bridgehead atoms. The lowest BCUT2D eigenvalue weighted by molar-refractivity contribution is -0.151. The van der Waals surface area contributed by atoms with Crippen LogP contribution in [0.2, 0.25) is 0 Å². The molecule has 0 atom stereocenters. The predicted molar refractivity (Wildman–Crippen MR) is 39.5 cm³/mol. The van der Waals surface area contributed by atoms with E-state index in [1.54, 1.807) is 0 Å². The zero-order chi connectivity index (χ0) is 11.7. The highest BCUT2D eigenvalue weighted by Gasteiger charge is 2.34. The Balaban J connectivity index is 2.38. The number of alkyl halides is 6. The van der Waals surface area contributed by atoms with E-state index in [4.69, 9.17) is 0 Å². The first-order chi connectivity index (χ1) is 6.66. The second-order valence-electron chi connectivity index (χ2n) is 3.16. The molecule has 2 nitrogen and oxygen atoms in total. The lowest BCUT2D eigenvalue weighted by Crippen LogP contribution is -2.36. The summed E-state index contributed by atoms with van der Waals surface area (Å²) in [7, 11) is 0. The Morgan fingerprint density at radius 2 is 1.13 bits per heavy atom. The fourth-order valence-corrected chi connectivity index (χ4v) is 1.18. The molecule has 1 rings (SSSR count). The van der Waals surface area contributed by atoms with Crippen molar-refractivity contribution in [3.8, 4) is 0 Å². The second-order valence-corrected chi connectivity index (χ2v) is 3.16. The molecule has 0 fully saturated rings. The van der Waals surface area contributed by atoms with Gasteiger partial charge in [0.05, 0.1) is 6.67 Å². The first-order valence-corrected chi connectivity index (χ1v) is 3.96. The summed E-state index contributed by atoms with van der Waals surface area (Å²) in [4.78, 5) is 1.54. The maximum Gasteiger partial charge on any atom is 0.405 e. The molecule has 0 aromatic carbocycles. The minimum absolute atomic E-state index is 0.390. The minimum atomic E-state index is -4.40. The number of hydrogen-bond donors (Lipinski definition) is 0. The fourth-order valence-electron chi connectivity index (χ4n) is 1.18. The third-order valence-corrected chi connectivity index (χ3v) is 1.62. The Morgan fingerprint density at radius 1 is 0.800 bits per heavy atom. The molecule has 88 valence electrons. The summed E-state index contributed by atoms with van der Waals surface area (Å²) in [6, 6.07) is 0. The van der Waals surface area contributed by atoms with Crippen LogP contribution in [-0.4, -0.2) is 41.9 Å². The van der Waals surface area contributed by atoms with Crippen LogP contribution in [0, 0.1) is 0 Å². The monoisotopic (exact) mass is 234 g/mol. The van der Waals surface area contributed by atoms with E-state index in [1.807, 2.05) is 0 Å². The van der Waals surface area contributed by atoms with Crippen LogP contribution in [0.4, 0.5) is 26.3 Å². The minimum Gasteiger partial charge on any atom is -0.350 e. The molecular weight excluding hydrogens is 226 g/mol. The Labute approximate surface area is 81.7 Å². The van der Waals surface area contributed by atoms with Gasteiger partial charge in [0, 0.05) is 12.4 Å². The third kappa shape index (κ3) is 4.80. The molecular formula is C7H8F6N2. The van der Waals surface area contributed by atoms with Gasteiger partial charge in [-0.2, -0.15) is 26.3 Å². The van der Waals surface area contributed by atoms with Crippen molar-refractivity contribution in [2.45, 2.75) is 12.4 Å². The summed E-state index contributed by atoms with van der Waals surface area (Å²) in [5, 5.41) is 0. The zero-order valence-electron chi connectivity index (χ0n) is 7.44. The van der Waals surface area contributed by atoms with Crippen molar-refractivity contribution < 1.29 is 26.3 Å². The van der Waals surface area contributed by atoms with E-state index >= 15 is 0 Å². The molecule has 0 radical (unpaired) electrons. The highest BCUT2D eigenvalue weighted by Crippen LogP contribution is 2.22. The summed E-state index contributed by atoms with van der Waals surface area (Å²) in [6.45, 7) is -2.87. The molecule has 15 heavy (non-hydrogen) atoms. The van der Waals surface area contributed by atoms with Gasteiger partial charge in [-0.15, -0.1) is 0 Å². The van der Waals surface area contributed by atoms with E-state index in [1.165, 1.54) is 0 Å². The molecule has 0 aliphatic carbocycles. The third-order valence-electron chi connectivity index (χ3n) is 1.62. The molecule has 1 heterocycles. The van der Waals surface area contributed by atoms with Gasteiger partial charge < -0.3 is 9.80 Å². The Hall–Kier alpha value is -1.08. The van der Waals surface area contributed by atoms with Crippen LogP contribution in [0.3, 0.4) is 0 Å². The summed E-state index contributed by atoms with van der Waals surface area (Å²) in [5.41, 5.74) is 0. The Kier molecular flexibility index (Phi) is 3.05. The first-order valence-electron chi connectivity index (χ1n) is 3.96. The van der Waals surface area contributed by atoms with Gasteiger partial charge in [-0.05, 0) is 0 Å². The van der Waals surface area contributed by atoms with E-state index in [2.05, 4.69) is 0 Å². The molecule has 0 saturated carbocycles. The van der Waals surface area contributed by atoms with Gasteiger partial charge in [0.1, 0.15) is 13.1 Å². The van der Waals surface area contributed by atoms with Crippen molar-refractivity contribution in [3.05, 3.63) is 12.4 Å². The van der Waals surface area contributed by atoms with Gasteiger partial charge in [0.2, 0.25) is 0 Å². The van der Waals surface area contributed by atoms with Crippen LogP contribution >= 0.6 is 0 Å². The van der Waals surface area contributed by atoms with E-state index in [0.717, 1.165) is 22.2 Å². The summed E-state index contributed by atoms with van der Waals surface area (Å²) in [6.07, 6.45) is -6.81. The number of nitrogens with zero attached hydrogens (tertiary/aromatic N) is 2. The van der Waals surface area contributed by atoms with Crippen molar-refractivity contribution in [2.24, 2.45) is 0 Å². The molecule has 0 aromatic rings. The Bertz CT molecular complexity index is 219. The van der Waals surface area contributed by atoms with Crippen molar-refractivity contribution in [3.63, 3.8) is 0 Å². The quantitative estimate of drug-likeness (QED) is 0.675. The van der Waals surface area contributed by atoms with Crippen molar-refractivity contribution in [1.29, 1.82) is 0 Å². The van der Waals surface area contributed by atoms with Crippen LogP contribution in [0.1, 0.15) is 0 Å². The maximum atomic E-state index is 11.9. The van der Waals surface area contributed by atoms with Gasteiger partial charge in [0.25, 0.3) is 0 Å². The summed E-state index contributed by atoms with van der Waals surface area (Å²) < 4.78 is 71.1. The topological polar surface area (TPSA) is 6.48 Å².